The Morgan fingerprint density at radius 1 is 0.542 bits per heavy atom. The van der Waals surface area contributed by atoms with E-state index >= 15 is 0 Å². The predicted octanol–water partition coefficient (Wildman–Crippen LogP) is 14.1. The molecule has 0 unspecified atom stereocenters. The van der Waals surface area contributed by atoms with Crippen LogP contribution in [0.2, 0.25) is 0 Å². The highest BCUT2D eigenvalue weighted by molar-refractivity contribution is 7.19. The molecule has 2 aliphatic rings. The summed E-state index contributed by atoms with van der Waals surface area (Å²) in [5.74, 6) is 0. The van der Waals surface area contributed by atoms with Gasteiger partial charge in [0.2, 0.25) is 0 Å². The summed E-state index contributed by atoms with van der Waals surface area (Å²) in [4.78, 5) is 1.52. The SMILES string of the molecule is C1=CCCC(c2ccc(-n3c4ccc(-c5ccccc5)cc4c4cc(-c5ccc6sc7c(c6c5)C=CCC7)ccc43)cc2)=C1.CC.CC. The molecule has 238 valence electrons. The van der Waals surface area contributed by atoms with Gasteiger partial charge in [0.25, 0.3) is 0 Å². The molecule has 9 rings (SSSR count). The van der Waals surface area contributed by atoms with Crippen molar-refractivity contribution in [3.8, 4) is 27.9 Å². The first kappa shape index (κ1) is 31.7. The van der Waals surface area contributed by atoms with Crippen LogP contribution in [0.4, 0.5) is 0 Å². The molecule has 0 aliphatic heterocycles. The molecule has 0 fully saturated rings. The summed E-state index contributed by atoms with van der Waals surface area (Å²) in [5.41, 5.74) is 12.8. The fourth-order valence-electron chi connectivity index (χ4n) is 7.09. The van der Waals surface area contributed by atoms with Crippen molar-refractivity contribution < 1.29 is 0 Å². The Morgan fingerprint density at radius 3 is 1.81 bits per heavy atom. The minimum atomic E-state index is 1.10. The largest absolute Gasteiger partial charge is 0.309 e. The van der Waals surface area contributed by atoms with E-state index in [0.717, 1.165) is 25.7 Å². The van der Waals surface area contributed by atoms with Crippen LogP contribution in [0.25, 0.3) is 71.5 Å². The average Bonchev–Trinajstić information content (AvgIpc) is 3.72. The van der Waals surface area contributed by atoms with Crippen LogP contribution >= 0.6 is 11.3 Å². The van der Waals surface area contributed by atoms with E-state index in [1.54, 1.807) is 0 Å². The summed E-state index contributed by atoms with van der Waals surface area (Å²) >= 11 is 1.96. The number of rotatable bonds is 4. The number of aromatic nitrogens is 1. The van der Waals surface area contributed by atoms with Gasteiger partial charge in [-0.1, -0.05) is 119 Å². The van der Waals surface area contributed by atoms with Crippen molar-refractivity contribution in [1.82, 2.24) is 4.57 Å². The molecule has 7 aromatic rings. The molecule has 5 aromatic carbocycles. The first-order valence-electron chi connectivity index (χ1n) is 17.6. The highest BCUT2D eigenvalue weighted by atomic mass is 32.1. The number of fused-ring (bicyclic) bond motifs is 6. The Bertz CT molecular complexity index is 2310. The third-order valence-corrected chi connectivity index (χ3v) is 10.6. The normalized spacial score (nSPS) is 13.5. The van der Waals surface area contributed by atoms with E-state index in [9.17, 15) is 0 Å². The molecule has 0 saturated carbocycles. The maximum Gasteiger partial charge on any atom is 0.0541 e. The van der Waals surface area contributed by atoms with Crippen molar-refractivity contribution in [2.75, 3.05) is 0 Å². The summed E-state index contributed by atoms with van der Waals surface area (Å²) in [6.45, 7) is 8.00. The standard InChI is InChI=1S/C42H31NS.2C2H6/c1-3-9-28(10-4-1)30-15-20-34(21-16-30)43-39-22-17-31(29-11-5-2-6-12-29)25-36(39)37-26-32(18-23-40(37)43)33-19-24-42-38(27-33)35-13-7-8-14-41(35)44-42;2*1-2/h1-3,5-7,9,11-13,15-27H,4,8,10,14H2;2*1-2H3. The maximum absolute atomic E-state index is 2.44. The quantitative estimate of drug-likeness (QED) is 0.180. The minimum absolute atomic E-state index is 1.10. The lowest BCUT2D eigenvalue weighted by Crippen LogP contribution is -1.95. The molecular weight excluding hydrogens is 599 g/mol. The number of aryl methyl sites for hydroxylation is 1. The van der Waals surface area contributed by atoms with Crippen LogP contribution in [-0.2, 0) is 6.42 Å². The van der Waals surface area contributed by atoms with Crippen LogP contribution < -0.4 is 0 Å². The molecule has 0 spiro atoms. The Labute approximate surface area is 289 Å². The number of benzene rings is 5. The molecule has 48 heavy (non-hydrogen) atoms. The minimum Gasteiger partial charge on any atom is -0.309 e. The maximum atomic E-state index is 2.44. The van der Waals surface area contributed by atoms with E-state index in [2.05, 4.69) is 144 Å². The number of nitrogens with zero attached hydrogens (tertiary/aromatic N) is 1. The lowest BCUT2D eigenvalue weighted by atomic mass is 9.97. The molecule has 0 atom stereocenters. The summed E-state index contributed by atoms with van der Waals surface area (Å²) in [5, 5.41) is 3.95. The van der Waals surface area contributed by atoms with Gasteiger partial charge in [0.05, 0.1) is 11.0 Å². The Morgan fingerprint density at radius 2 is 1.15 bits per heavy atom. The molecule has 0 N–H and O–H groups in total. The van der Waals surface area contributed by atoms with Gasteiger partial charge in [-0.05, 0) is 113 Å². The van der Waals surface area contributed by atoms with Gasteiger partial charge < -0.3 is 4.57 Å². The molecule has 0 bridgehead atoms. The van der Waals surface area contributed by atoms with E-state index in [0.29, 0.717) is 0 Å². The smallest absolute Gasteiger partial charge is 0.0541 e. The van der Waals surface area contributed by atoms with E-state index in [1.807, 2.05) is 39.0 Å². The lowest BCUT2D eigenvalue weighted by Gasteiger charge is -2.12. The van der Waals surface area contributed by atoms with Crippen LogP contribution in [0.3, 0.4) is 0 Å². The number of hydrogen-bond acceptors (Lipinski definition) is 1. The highest BCUT2D eigenvalue weighted by Crippen LogP contribution is 2.40. The van der Waals surface area contributed by atoms with Crippen LogP contribution in [-0.4, -0.2) is 4.57 Å². The molecular formula is C46H43NS. The van der Waals surface area contributed by atoms with E-state index in [-0.39, 0.29) is 0 Å². The topological polar surface area (TPSA) is 4.93 Å². The van der Waals surface area contributed by atoms with Crippen LogP contribution in [0.1, 0.15) is 63.0 Å². The lowest BCUT2D eigenvalue weighted by molar-refractivity contribution is 1.02. The summed E-state index contributed by atoms with van der Waals surface area (Å²) in [7, 11) is 0. The van der Waals surface area contributed by atoms with Gasteiger partial charge in [-0.3, -0.25) is 0 Å². The van der Waals surface area contributed by atoms with Gasteiger partial charge in [-0.25, -0.2) is 0 Å². The molecule has 1 nitrogen and oxygen atoms in total. The van der Waals surface area contributed by atoms with Crippen LogP contribution in [0.15, 0.2) is 133 Å². The fraction of sp³-hybridized carbons (Fsp3) is 0.174. The van der Waals surface area contributed by atoms with Crippen molar-refractivity contribution >= 4 is 54.9 Å². The Hall–Kier alpha value is -4.92. The molecule has 0 radical (unpaired) electrons. The van der Waals surface area contributed by atoms with Gasteiger partial charge >= 0.3 is 0 Å². The molecule has 2 heterocycles. The molecule has 2 aromatic heterocycles. The number of hydrogen-bond donors (Lipinski definition) is 0. The second-order valence-corrected chi connectivity index (χ2v) is 13.1. The number of allylic oxidation sites excluding steroid dienone is 5. The van der Waals surface area contributed by atoms with Crippen molar-refractivity contribution in [3.63, 3.8) is 0 Å². The average molecular weight is 642 g/mol. The van der Waals surface area contributed by atoms with E-state index in [4.69, 9.17) is 0 Å². The fourth-order valence-corrected chi connectivity index (χ4v) is 8.28. The molecule has 0 amide bonds. The van der Waals surface area contributed by atoms with Crippen molar-refractivity contribution in [2.24, 2.45) is 0 Å². The van der Waals surface area contributed by atoms with Crippen molar-refractivity contribution in [1.29, 1.82) is 0 Å². The zero-order chi connectivity index (χ0) is 33.0. The first-order valence-corrected chi connectivity index (χ1v) is 18.4. The summed E-state index contributed by atoms with van der Waals surface area (Å²) in [6.07, 6.45) is 15.9. The van der Waals surface area contributed by atoms with Gasteiger partial charge in [0.1, 0.15) is 0 Å². The van der Waals surface area contributed by atoms with Gasteiger partial charge in [-0.2, -0.15) is 0 Å². The highest BCUT2D eigenvalue weighted by Gasteiger charge is 2.17. The van der Waals surface area contributed by atoms with Crippen LogP contribution in [0, 0.1) is 0 Å². The van der Waals surface area contributed by atoms with E-state index < -0.39 is 0 Å². The predicted molar refractivity (Wildman–Crippen MR) is 213 cm³/mol. The second kappa shape index (κ2) is 14.1. The molecule has 2 heteroatoms. The summed E-state index contributed by atoms with van der Waals surface area (Å²) < 4.78 is 3.82. The van der Waals surface area contributed by atoms with Crippen LogP contribution in [0.5, 0.6) is 0 Å². The number of thiophene rings is 1. The van der Waals surface area contributed by atoms with Crippen molar-refractivity contribution in [3.05, 3.63) is 150 Å². The third kappa shape index (κ3) is 5.76. The Balaban J connectivity index is 0.000000880. The van der Waals surface area contributed by atoms with Gasteiger partial charge in [0, 0.05) is 31.4 Å². The zero-order valence-electron chi connectivity index (χ0n) is 28.5. The van der Waals surface area contributed by atoms with Gasteiger partial charge in [0.15, 0.2) is 0 Å². The second-order valence-electron chi connectivity index (χ2n) is 12.0. The summed E-state index contributed by atoms with van der Waals surface area (Å²) in [6, 6.07) is 40.9. The van der Waals surface area contributed by atoms with Gasteiger partial charge in [-0.15, -0.1) is 11.3 Å². The van der Waals surface area contributed by atoms with E-state index in [1.165, 1.54) is 81.4 Å². The first-order chi connectivity index (χ1) is 23.8. The zero-order valence-corrected chi connectivity index (χ0v) is 29.3. The Kier molecular flexibility index (Phi) is 9.27. The monoisotopic (exact) mass is 641 g/mol. The van der Waals surface area contributed by atoms with Crippen molar-refractivity contribution in [2.45, 2.75) is 53.4 Å². The molecule has 0 saturated heterocycles. The third-order valence-electron chi connectivity index (χ3n) is 9.34. The molecule has 2 aliphatic carbocycles.